The predicted molar refractivity (Wildman–Crippen MR) is 106 cm³/mol. The SMILES string of the molecule is O=C(O)c1cc2cc(NS(=O)(=O)c3ccc(-c4ccccc4)cc3)ccc2o1. The summed E-state index contributed by atoms with van der Waals surface area (Å²) in [6.45, 7) is 0. The second kappa shape index (κ2) is 6.86. The highest BCUT2D eigenvalue weighted by Gasteiger charge is 2.16. The number of aromatic carboxylic acids is 1. The van der Waals surface area contributed by atoms with Crippen LogP contribution in [0.5, 0.6) is 0 Å². The van der Waals surface area contributed by atoms with Gasteiger partial charge in [-0.25, -0.2) is 13.2 Å². The minimum atomic E-state index is -3.79. The van der Waals surface area contributed by atoms with Gasteiger partial charge in [-0.15, -0.1) is 0 Å². The lowest BCUT2D eigenvalue weighted by atomic mass is 10.1. The van der Waals surface area contributed by atoms with Gasteiger partial charge >= 0.3 is 5.97 Å². The zero-order valence-electron chi connectivity index (χ0n) is 14.5. The predicted octanol–water partition coefficient (Wildman–Crippen LogP) is 4.60. The first kappa shape index (κ1) is 17.8. The Morgan fingerprint density at radius 1 is 0.857 bits per heavy atom. The second-order valence-corrected chi connectivity index (χ2v) is 7.85. The molecule has 28 heavy (non-hydrogen) atoms. The molecule has 3 aromatic carbocycles. The van der Waals surface area contributed by atoms with Crippen LogP contribution in [0.15, 0.2) is 88.2 Å². The number of hydrogen-bond acceptors (Lipinski definition) is 4. The van der Waals surface area contributed by atoms with Crippen LogP contribution in [0.2, 0.25) is 0 Å². The minimum absolute atomic E-state index is 0.130. The first-order chi connectivity index (χ1) is 13.4. The van der Waals surface area contributed by atoms with Crippen LogP contribution in [0, 0.1) is 0 Å². The quantitative estimate of drug-likeness (QED) is 0.517. The third kappa shape index (κ3) is 3.47. The van der Waals surface area contributed by atoms with Gasteiger partial charge in [-0.1, -0.05) is 42.5 Å². The Bertz CT molecular complexity index is 1260. The Kier molecular flexibility index (Phi) is 4.37. The second-order valence-electron chi connectivity index (χ2n) is 6.16. The van der Waals surface area contributed by atoms with Crippen LogP contribution in [0.3, 0.4) is 0 Å². The smallest absolute Gasteiger partial charge is 0.371 e. The van der Waals surface area contributed by atoms with Gasteiger partial charge in [-0.05, 0) is 47.5 Å². The average molecular weight is 393 g/mol. The molecule has 0 aliphatic heterocycles. The molecular weight excluding hydrogens is 378 g/mol. The summed E-state index contributed by atoms with van der Waals surface area (Å²) in [6.07, 6.45) is 0. The van der Waals surface area contributed by atoms with Crippen molar-refractivity contribution in [1.29, 1.82) is 0 Å². The molecule has 0 radical (unpaired) electrons. The third-order valence-corrected chi connectivity index (χ3v) is 5.65. The summed E-state index contributed by atoms with van der Waals surface area (Å²) in [5.41, 5.74) is 2.60. The number of carboxylic acid groups (broad SMARTS) is 1. The first-order valence-electron chi connectivity index (χ1n) is 8.37. The Labute approximate surface area is 161 Å². The molecule has 0 spiro atoms. The lowest BCUT2D eigenvalue weighted by molar-refractivity contribution is 0.0665. The molecule has 6 nitrogen and oxygen atoms in total. The number of furan rings is 1. The van der Waals surface area contributed by atoms with Crippen molar-refractivity contribution >= 4 is 32.6 Å². The van der Waals surface area contributed by atoms with Crippen molar-refractivity contribution in [2.75, 3.05) is 4.72 Å². The van der Waals surface area contributed by atoms with E-state index in [0.717, 1.165) is 11.1 Å². The van der Waals surface area contributed by atoms with E-state index in [9.17, 15) is 13.2 Å². The Balaban J connectivity index is 1.60. The maximum atomic E-state index is 12.7. The van der Waals surface area contributed by atoms with Crippen molar-refractivity contribution in [3.05, 3.63) is 84.6 Å². The van der Waals surface area contributed by atoms with Crippen LogP contribution in [-0.4, -0.2) is 19.5 Å². The summed E-state index contributed by atoms with van der Waals surface area (Å²) in [5, 5.41) is 9.49. The molecule has 4 aromatic rings. The van der Waals surface area contributed by atoms with Crippen molar-refractivity contribution < 1.29 is 22.7 Å². The maximum Gasteiger partial charge on any atom is 0.371 e. The molecule has 0 unspecified atom stereocenters. The zero-order chi connectivity index (χ0) is 19.7. The fraction of sp³-hybridized carbons (Fsp3) is 0. The van der Waals surface area contributed by atoms with E-state index in [1.54, 1.807) is 24.3 Å². The van der Waals surface area contributed by atoms with Gasteiger partial charge in [0.2, 0.25) is 5.76 Å². The van der Waals surface area contributed by atoms with E-state index >= 15 is 0 Å². The lowest BCUT2D eigenvalue weighted by Crippen LogP contribution is -2.12. The highest BCUT2D eigenvalue weighted by molar-refractivity contribution is 7.92. The molecular formula is C21H15NO5S. The highest BCUT2D eigenvalue weighted by atomic mass is 32.2. The van der Waals surface area contributed by atoms with Crippen LogP contribution in [0.25, 0.3) is 22.1 Å². The summed E-state index contributed by atoms with van der Waals surface area (Å²) in [4.78, 5) is 11.1. The number of carbonyl (C=O) groups is 1. The lowest BCUT2D eigenvalue weighted by Gasteiger charge is -2.09. The summed E-state index contributed by atoms with van der Waals surface area (Å²) >= 11 is 0. The molecule has 0 saturated carbocycles. The van der Waals surface area contributed by atoms with E-state index in [2.05, 4.69) is 4.72 Å². The summed E-state index contributed by atoms with van der Waals surface area (Å²) in [6, 6.07) is 22.2. The van der Waals surface area contributed by atoms with Crippen LogP contribution in [0.4, 0.5) is 5.69 Å². The van der Waals surface area contributed by atoms with Crippen LogP contribution < -0.4 is 4.72 Å². The van der Waals surface area contributed by atoms with Crippen molar-refractivity contribution in [1.82, 2.24) is 0 Å². The molecule has 0 aliphatic rings. The molecule has 0 amide bonds. The summed E-state index contributed by atoms with van der Waals surface area (Å²) in [7, 11) is -3.79. The Hall–Kier alpha value is -3.58. The molecule has 0 atom stereocenters. The van der Waals surface area contributed by atoms with Crippen molar-refractivity contribution in [3.8, 4) is 11.1 Å². The van der Waals surface area contributed by atoms with Gasteiger partial charge in [0.15, 0.2) is 0 Å². The molecule has 0 aliphatic carbocycles. The van der Waals surface area contributed by atoms with E-state index in [-0.39, 0.29) is 10.7 Å². The van der Waals surface area contributed by atoms with Gasteiger partial charge in [-0.2, -0.15) is 0 Å². The number of sulfonamides is 1. The molecule has 140 valence electrons. The fourth-order valence-corrected chi connectivity index (χ4v) is 3.93. The largest absolute Gasteiger partial charge is 0.475 e. The van der Waals surface area contributed by atoms with Crippen molar-refractivity contribution in [3.63, 3.8) is 0 Å². The van der Waals surface area contributed by atoms with Crippen molar-refractivity contribution in [2.45, 2.75) is 4.90 Å². The number of nitrogens with one attached hydrogen (secondary N) is 1. The topological polar surface area (TPSA) is 96.6 Å². The number of anilines is 1. The molecule has 0 bridgehead atoms. The molecule has 7 heteroatoms. The van der Waals surface area contributed by atoms with Gasteiger partial charge in [0.1, 0.15) is 5.58 Å². The number of fused-ring (bicyclic) bond motifs is 1. The van der Waals surface area contributed by atoms with Gasteiger partial charge in [0, 0.05) is 11.1 Å². The zero-order valence-corrected chi connectivity index (χ0v) is 15.3. The molecule has 0 saturated heterocycles. The number of carboxylic acids is 1. The van der Waals surface area contributed by atoms with E-state index in [1.807, 2.05) is 30.3 Å². The standard InChI is InChI=1S/C21H15NO5S/c23-21(24)20-13-16-12-17(8-11-19(16)27-20)22-28(25,26)18-9-6-15(7-10-18)14-4-2-1-3-5-14/h1-13,22H,(H,23,24). The molecule has 0 fully saturated rings. The number of benzene rings is 3. The highest BCUT2D eigenvalue weighted by Crippen LogP contribution is 2.26. The van der Waals surface area contributed by atoms with Crippen molar-refractivity contribution in [2.24, 2.45) is 0 Å². The van der Waals surface area contributed by atoms with E-state index in [4.69, 9.17) is 9.52 Å². The van der Waals surface area contributed by atoms with Crippen LogP contribution in [0.1, 0.15) is 10.6 Å². The Morgan fingerprint density at radius 3 is 2.21 bits per heavy atom. The molecule has 1 heterocycles. The minimum Gasteiger partial charge on any atom is -0.475 e. The summed E-state index contributed by atoms with van der Waals surface area (Å²) < 4.78 is 33.0. The number of rotatable bonds is 5. The Morgan fingerprint density at radius 2 is 1.54 bits per heavy atom. The monoisotopic (exact) mass is 393 g/mol. The van der Waals surface area contributed by atoms with Gasteiger partial charge in [-0.3, -0.25) is 4.72 Å². The van der Waals surface area contributed by atoms with Gasteiger partial charge in [0.05, 0.1) is 4.90 Å². The third-order valence-electron chi connectivity index (χ3n) is 4.25. The van der Waals surface area contributed by atoms with Crippen LogP contribution in [-0.2, 0) is 10.0 Å². The maximum absolute atomic E-state index is 12.7. The van der Waals surface area contributed by atoms with E-state index in [0.29, 0.717) is 16.7 Å². The molecule has 2 N–H and O–H groups in total. The normalized spacial score (nSPS) is 11.4. The van der Waals surface area contributed by atoms with E-state index in [1.165, 1.54) is 24.3 Å². The number of hydrogen-bond donors (Lipinski definition) is 2. The van der Waals surface area contributed by atoms with Gasteiger partial charge in [0.25, 0.3) is 10.0 Å². The van der Waals surface area contributed by atoms with Gasteiger partial charge < -0.3 is 9.52 Å². The average Bonchev–Trinajstić information content (AvgIpc) is 3.12. The summed E-state index contributed by atoms with van der Waals surface area (Å²) in [5.74, 6) is -1.39. The molecule has 4 rings (SSSR count). The van der Waals surface area contributed by atoms with E-state index < -0.39 is 16.0 Å². The fourth-order valence-electron chi connectivity index (χ4n) is 2.88. The van der Waals surface area contributed by atoms with Crippen LogP contribution >= 0.6 is 0 Å². The first-order valence-corrected chi connectivity index (χ1v) is 9.86. The molecule has 1 aromatic heterocycles.